The number of hydrogen-bond acceptors (Lipinski definition) is 2. The Morgan fingerprint density at radius 2 is 1.70 bits per heavy atom. The minimum absolute atomic E-state index is 0.469. The number of ether oxygens (including phenoxy) is 1. The molecule has 4 heteroatoms. The van der Waals surface area contributed by atoms with Crippen LogP contribution in [0.15, 0.2) is 89.4 Å². The highest BCUT2D eigenvalue weighted by atomic mass is 127. The van der Waals surface area contributed by atoms with Crippen molar-refractivity contribution in [1.29, 1.82) is 5.26 Å². The Hall–Kier alpha value is -2.62. The third kappa shape index (κ3) is 4.92. The van der Waals surface area contributed by atoms with Crippen molar-refractivity contribution in [2.24, 2.45) is 0 Å². The highest BCUT2D eigenvalue weighted by molar-refractivity contribution is 14.1. The van der Waals surface area contributed by atoms with Gasteiger partial charge < -0.3 is 4.74 Å². The van der Waals surface area contributed by atoms with Crippen LogP contribution in [0.3, 0.4) is 0 Å². The quantitative estimate of drug-likeness (QED) is 0.140. The summed E-state index contributed by atoms with van der Waals surface area (Å²) in [7, 11) is 0. The van der Waals surface area contributed by atoms with Crippen LogP contribution in [-0.4, -0.2) is 0 Å². The van der Waals surface area contributed by atoms with E-state index in [1.54, 1.807) is 0 Å². The van der Waals surface area contributed by atoms with Gasteiger partial charge in [0.15, 0.2) is 0 Å². The van der Waals surface area contributed by atoms with E-state index in [0.29, 0.717) is 12.2 Å². The van der Waals surface area contributed by atoms with Gasteiger partial charge in [-0.25, -0.2) is 0 Å². The zero-order valence-corrected chi connectivity index (χ0v) is 19.7. The zero-order valence-electron chi connectivity index (χ0n) is 16.0. The first-order valence-electron chi connectivity index (χ1n) is 9.40. The van der Waals surface area contributed by atoms with Crippen molar-refractivity contribution in [3.63, 3.8) is 0 Å². The fraction of sp³-hybridized carbons (Fsp3) is 0.0385. The van der Waals surface area contributed by atoms with Crippen molar-refractivity contribution >= 4 is 60.9 Å². The zero-order chi connectivity index (χ0) is 20.9. The number of hydrogen-bond donors (Lipinski definition) is 0. The highest BCUT2D eigenvalue weighted by Gasteiger charge is 2.08. The molecule has 0 aliphatic carbocycles. The summed E-state index contributed by atoms with van der Waals surface area (Å²) in [6.07, 6.45) is 1.89. The average Bonchev–Trinajstić information content (AvgIpc) is 2.77. The van der Waals surface area contributed by atoms with Crippen LogP contribution in [0.1, 0.15) is 16.7 Å². The lowest BCUT2D eigenvalue weighted by atomic mass is 10.00. The van der Waals surface area contributed by atoms with Gasteiger partial charge in [0, 0.05) is 13.6 Å². The summed E-state index contributed by atoms with van der Waals surface area (Å²) in [6.45, 7) is 0.469. The molecule has 0 N–H and O–H groups in total. The maximum absolute atomic E-state index is 9.84. The molecular weight excluding hydrogens is 549 g/mol. The normalized spacial score (nSPS) is 11.3. The molecule has 2 nitrogen and oxygen atoms in total. The third-order valence-corrected chi connectivity index (χ3v) is 5.97. The van der Waals surface area contributed by atoms with Crippen LogP contribution in [0.2, 0.25) is 0 Å². The summed E-state index contributed by atoms with van der Waals surface area (Å²) < 4.78 is 8.22. The number of rotatable bonds is 5. The molecule has 4 aromatic rings. The molecule has 0 saturated heterocycles. The number of nitriles is 1. The number of fused-ring (bicyclic) bond motifs is 1. The molecule has 0 aromatic heterocycles. The predicted octanol–water partition coefficient (Wildman–Crippen LogP) is 7.85. The van der Waals surface area contributed by atoms with Crippen LogP contribution < -0.4 is 4.74 Å². The van der Waals surface area contributed by atoms with E-state index in [1.807, 2.05) is 48.5 Å². The number of allylic oxidation sites excluding steroid dienone is 1. The van der Waals surface area contributed by atoms with Crippen molar-refractivity contribution in [2.75, 3.05) is 0 Å². The van der Waals surface area contributed by atoms with E-state index in [-0.39, 0.29) is 0 Å². The topological polar surface area (TPSA) is 33.0 Å². The maximum atomic E-state index is 9.84. The molecule has 0 unspecified atom stereocenters. The van der Waals surface area contributed by atoms with Gasteiger partial charge in [0.25, 0.3) is 0 Å². The van der Waals surface area contributed by atoms with Gasteiger partial charge in [-0.3, -0.25) is 0 Å². The predicted molar refractivity (Wildman–Crippen MR) is 135 cm³/mol. The summed E-state index contributed by atoms with van der Waals surface area (Å²) in [4.78, 5) is 0. The summed E-state index contributed by atoms with van der Waals surface area (Å²) in [5.41, 5.74) is 3.45. The summed E-state index contributed by atoms with van der Waals surface area (Å²) in [5.74, 6) is 0.741. The van der Waals surface area contributed by atoms with Gasteiger partial charge in [-0.05, 0) is 87.0 Å². The minimum atomic E-state index is 0.469. The largest absolute Gasteiger partial charge is 0.488 e. The molecule has 146 valence electrons. The van der Waals surface area contributed by atoms with Crippen molar-refractivity contribution in [3.05, 3.63) is 110 Å². The molecule has 0 aliphatic rings. The lowest BCUT2D eigenvalue weighted by Gasteiger charge is -2.11. The lowest BCUT2D eigenvalue weighted by Crippen LogP contribution is -1.97. The Morgan fingerprint density at radius 3 is 2.47 bits per heavy atom. The second-order valence-corrected chi connectivity index (χ2v) is 8.99. The highest BCUT2D eigenvalue weighted by Crippen LogP contribution is 2.29. The molecule has 4 rings (SSSR count). The van der Waals surface area contributed by atoms with Crippen LogP contribution in [0, 0.1) is 14.9 Å². The summed E-state index contributed by atoms with van der Waals surface area (Å²) in [6, 6.07) is 30.7. The van der Waals surface area contributed by atoms with Gasteiger partial charge in [-0.1, -0.05) is 64.5 Å². The Morgan fingerprint density at radius 1 is 0.933 bits per heavy atom. The van der Waals surface area contributed by atoms with Crippen molar-refractivity contribution < 1.29 is 4.74 Å². The van der Waals surface area contributed by atoms with Gasteiger partial charge >= 0.3 is 0 Å². The molecule has 4 aromatic carbocycles. The van der Waals surface area contributed by atoms with Crippen molar-refractivity contribution in [1.82, 2.24) is 0 Å². The third-order valence-electron chi connectivity index (χ3n) is 4.76. The van der Waals surface area contributed by atoms with Crippen molar-refractivity contribution in [2.45, 2.75) is 6.61 Å². The van der Waals surface area contributed by atoms with E-state index in [1.165, 1.54) is 3.57 Å². The molecule has 0 aliphatic heterocycles. The second-order valence-electron chi connectivity index (χ2n) is 6.83. The SMILES string of the molecule is N#C/C(=C/c1cc(Br)ccc1OCc1ccc(I)cc1)c1ccc2ccccc2c1. The van der Waals surface area contributed by atoms with Crippen LogP contribution in [0.25, 0.3) is 22.4 Å². The Bertz CT molecular complexity index is 1270. The van der Waals surface area contributed by atoms with E-state index < -0.39 is 0 Å². The molecule has 0 atom stereocenters. The van der Waals surface area contributed by atoms with Gasteiger partial charge in [0.1, 0.15) is 12.4 Å². The van der Waals surface area contributed by atoms with Crippen LogP contribution in [0.5, 0.6) is 5.75 Å². The molecule has 0 spiro atoms. The second kappa shape index (κ2) is 9.46. The number of nitrogens with zero attached hydrogens (tertiary/aromatic N) is 1. The number of benzene rings is 4. The Kier molecular flexibility index (Phi) is 6.51. The van der Waals surface area contributed by atoms with Gasteiger partial charge in [-0.2, -0.15) is 5.26 Å². The molecule has 0 saturated carbocycles. The van der Waals surface area contributed by atoms with E-state index in [0.717, 1.165) is 37.7 Å². The molecule has 0 bridgehead atoms. The standard InChI is InChI=1S/C26H17BrINO/c27-24-9-12-26(30-17-18-5-10-25(28)11-6-18)22(15-24)14-23(16-29)21-8-7-19-3-1-2-4-20(19)13-21/h1-15H,17H2/b23-14-. The minimum Gasteiger partial charge on any atom is -0.488 e. The van der Waals surface area contributed by atoms with E-state index >= 15 is 0 Å². The van der Waals surface area contributed by atoms with Crippen LogP contribution in [-0.2, 0) is 6.61 Å². The van der Waals surface area contributed by atoms with Gasteiger partial charge in [-0.15, -0.1) is 0 Å². The van der Waals surface area contributed by atoms with Crippen LogP contribution in [0.4, 0.5) is 0 Å². The average molecular weight is 566 g/mol. The molecular formula is C26H17BrINO. The first-order chi connectivity index (χ1) is 14.6. The monoisotopic (exact) mass is 565 g/mol. The maximum Gasteiger partial charge on any atom is 0.127 e. The smallest absolute Gasteiger partial charge is 0.127 e. The first-order valence-corrected chi connectivity index (χ1v) is 11.3. The molecule has 0 heterocycles. The van der Waals surface area contributed by atoms with Crippen LogP contribution >= 0.6 is 38.5 Å². The molecule has 0 radical (unpaired) electrons. The Labute approximate surface area is 198 Å². The number of halogens is 2. The van der Waals surface area contributed by atoms with E-state index in [9.17, 15) is 5.26 Å². The fourth-order valence-electron chi connectivity index (χ4n) is 3.20. The fourth-order valence-corrected chi connectivity index (χ4v) is 3.94. The molecule has 0 fully saturated rings. The lowest BCUT2D eigenvalue weighted by molar-refractivity contribution is 0.305. The Balaban J connectivity index is 1.67. The van der Waals surface area contributed by atoms with Gasteiger partial charge in [0.2, 0.25) is 0 Å². The summed E-state index contributed by atoms with van der Waals surface area (Å²) in [5, 5.41) is 12.1. The summed E-state index contributed by atoms with van der Waals surface area (Å²) >= 11 is 5.82. The van der Waals surface area contributed by atoms with Crippen molar-refractivity contribution in [3.8, 4) is 11.8 Å². The van der Waals surface area contributed by atoms with Gasteiger partial charge in [0.05, 0.1) is 11.6 Å². The molecule has 0 amide bonds. The van der Waals surface area contributed by atoms with E-state index in [2.05, 4.69) is 87.1 Å². The molecule has 30 heavy (non-hydrogen) atoms. The van der Waals surface area contributed by atoms with E-state index in [4.69, 9.17) is 4.74 Å². The first kappa shape index (κ1) is 20.6.